The van der Waals surface area contributed by atoms with Crippen molar-refractivity contribution in [1.82, 2.24) is 4.90 Å². The van der Waals surface area contributed by atoms with Crippen molar-refractivity contribution in [1.29, 1.82) is 0 Å². The summed E-state index contributed by atoms with van der Waals surface area (Å²) in [7, 11) is 0. The molecule has 0 bridgehead atoms. The molecule has 0 spiro atoms. The number of hydrogen-bond acceptors (Lipinski definition) is 2. The number of ether oxygens (including phenoxy) is 1. The van der Waals surface area contributed by atoms with Crippen molar-refractivity contribution in [3.05, 3.63) is 35.9 Å². The molecule has 1 atom stereocenters. The van der Waals surface area contributed by atoms with Crippen LogP contribution >= 0.6 is 0 Å². The fourth-order valence-corrected chi connectivity index (χ4v) is 3.89. The summed E-state index contributed by atoms with van der Waals surface area (Å²) in [5.74, 6) is 1.75. The SMILES string of the molecule is CC1CCC(C(c2ccccc2)N2CCOCC2)CC1. The lowest BCUT2D eigenvalue weighted by Crippen LogP contribution is -2.42. The minimum atomic E-state index is 0.604. The fraction of sp³-hybridized carbons (Fsp3) is 0.667. The summed E-state index contributed by atoms with van der Waals surface area (Å²) in [6.45, 7) is 6.37. The minimum absolute atomic E-state index is 0.604. The van der Waals surface area contributed by atoms with Crippen molar-refractivity contribution in [2.45, 2.75) is 38.6 Å². The van der Waals surface area contributed by atoms with Crippen molar-refractivity contribution < 1.29 is 4.74 Å². The predicted octanol–water partition coefficient (Wildman–Crippen LogP) is 3.89. The molecule has 110 valence electrons. The fourth-order valence-electron chi connectivity index (χ4n) is 3.89. The van der Waals surface area contributed by atoms with Gasteiger partial charge in [-0.3, -0.25) is 4.90 Å². The Balaban J connectivity index is 1.79. The van der Waals surface area contributed by atoms with Crippen molar-refractivity contribution in [3.63, 3.8) is 0 Å². The van der Waals surface area contributed by atoms with Gasteiger partial charge in [0.2, 0.25) is 0 Å². The summed E-state index contributed by atoms with van der Waals surface area (Å²) in [5, 5.41) is 0. The highest BCUT2D eigenvalue weighted by Crippen LogP contribution is 2.40. The molecule has 2 nitrogen and oxygen atoms in total. The third kappa shape index (κ3) is 3.24. The molecule has 0 N–H and O–H groups in total. The van der Waals surface area contributed by atoms with Gasteiger partial charge in [-0.2, -0.15) is 0 Å². The Morgan fingerprint density at radius 3 is 2.30 bits per heavy atom. The zero-order chi connectivity index (χ0) is 13.8. The highest BCUT2D eigenvalue weighted by Gasteiger charge is 2.32. The number of hydrogen-bond donors (Lipinski definition) is 0. The molecule has 2 fully saturated rings. The van der Waals surface area contributed by atoms with Gasteiger partial charge in [0.25, 0.3) is 0 Å². The molecule has 0 amide bonds. The Morgan fingerprint density at radius 2 is 1.65 bits per heavy atom. The van der Waals surface area contributed by atoms with Gasteiger partial charge in [-0.1, -0.05) is 50.1 Å². The molecule has 1 aromatic rings. The largest absolute Gasteiger partial charge is 0.379 e. The van der Waals surface area contributed by atoms with Gasteiger partial charge in [0, 0.05) is 19.1 Å². The van der Waals surface area contributed by atoms with Gasteiger partial charge in [0.1, 0.15) is 0 Å². The topological polar surface area (TPSA) is 12.5 Å². The van der Waals surface area contributed by atoms with Gasteiger partial charge < -0.3 is 4.74 Å². The van der Waals surface area contributed by atoms with E-state index in [9.17, 15) is 0 Å². The van der Waals surface area contributed by atoms with Crippen LogP contribution in [0, 0.1) is 11.8 Å². The van der Waals surface area contributed by atoms with E-state index in [2.05, 4.69) is 42.2 Å². The number of nitrogens with zero attached hydrogens (tertiary/aromatic N) is 1. The van der Waals surface area contributed by atoms with Gasteiger partial charge >= 0.3 is 0 Å². The second-order valence-electron chi connectivity index (χ2n) is 6.52. The lowest BCUT2D eigenvalue weighted by atomic mass is 9.76. The summed E-state index contributed by atoms with van der Waals surface area (Å²) in [6.07, 6.45) is 5.58. The van der Waals surface area contributed by atoms with E-state index >= 15 is 0 Å². The Kier molecular flexibility index (Phi) is 4.74. The van der Waals surface area contributed by atoms with E-state index in [0.29, 0.717) is 6.04 Å². The standard InChI is InChI=1S/C18H27NO/c1-15-7-9-17(10-8-15)18(16-5-3-2-4-6-16)19-11-13-20-14-12-19/h2-6,15,17-18H,7-14H2,1H3. The van der Waals surface area contributed by atoms with E-state index in [1.807, 2.05) is 0 Å². The van der Waals surface area contributed by atoms with Crippen LogP contribution in [0.3, 0.4) is 0 Å². The first kappa shape index (κ1) is 14.1. The van der Waals surface area contributed by atoms with Gasteiger partial charge in [-0.25, -0.2) is 0 Å². The molecule has 0 aromatic heterocycles. The molecule has 1 aliphatic carbocycles. The van der Waals surface area contributed by atoms with E-state index in [4.69, 9.17) is 4.74 Å². The third-order valence-electron chi connectivity index (χ3n) is 5.09. The Morgan fingerprint density at radius 1 is 1.00 bits per heavy atom. The third-order valence-corrected chi connectivity index (χ3v) is 5.09. The molecule has 3 rings (SSSR count). The first-order chi connectivity index (χ1) is 9.84. The van der Waals surface area contributed by atoms with Gasteiger partial charge in [-0.15, -0.1) is 0 Å². The van der Waals surface area contributed by atoms with Crippen LogP contribution in [0.15, 0.2) is 30.3 Å². The number of benzene rings is 1. The molecule has 1 aromatic carbocycles. The maximum atomic E-state index is 5.55. The Hall–Kier alpha value is -0.860. The van der Waals surface area contributed by atoms with Crippen LogP contribution in [0.1, 0.15) is 44.2 Å². The lowest BCUT2D eigenvalue weighted by Gasteiger charge is -2.41. The van der Waals surface area contributed by atoms with Crippen LogP contribution < -0.4 is 0 Å². The highest BCUT2D eigenvalue weighted by molar-refractivity contribution is 5.20. The van der Waals surface area contributed by atoms with E-state index in [1.54, 1.807) is 0 Å². The second-order valence-corrected chi connectivity index (χ2v) is 6.52. The molecule has 2 heteroatoms. The predicted molar refractivity (Wildman–Crippen MR) is 82.7 cm³/mol. The van der Waals surface area contributed by atoms with Crippen LogP contribution in [0.4, 0.5) is 0 Å². The zero-order valence-electron chi connectivity index (χ0n) is 12.6. The van der Waals surface area contributed by atoms with Crippen molar-refractivity contribution in [3.8, 4) is 0 Å². The van der Waals surface area contributed by atoms with Crippen molar-refractivity contribution >= 4 is 0 Å². The number of rotatable bonds is 3. The average molecular weight is 273 g/mol. The normalized spacial score (nSPS) is 30.1. The van der Waals surface area contributed by atoms with Crippen LogP contribution in [0.25, 0.3) is 0 Å². The summed E-state index contributed by atoms with van der Waals surface area (Å²) in [6, 6.07) is 11.7. The molecule has 1 saturated heterocycles. The average Bonchev–Trinajstić information content (AvgIpc) is 2.52. The van der Waals surface area contributed by atoms with Crippen molar-refractivity contribution in [2.75, 3.05) is 26.3 Å². The maximum absolute atomic E-state index is 5.55. The first-order valence-corrected chi connectivity index (χ1v) is 8.21. The Labute approximate surface area is 123 Å². The van der Waals surface area contributed by atoms with E-state index in [-0.39, 0.29) is 0 Å². The van der Waals surface area contributed by atoms with Gasteiger partial charge in [0.05, 0.1) is 13.2 Å². The summed E-state index contributed by atoms with van der Waals surface area (Å²) in [5.41, 5.74) is 1.51. The zero-order valence-corrected chi connectivity index (χ0v) is 12.6. The van der Waals surface area contributed by atoms with Gasteiger partial charge in [0.15, 0.2) is 0 Å². The van der Waals surface area contributed by atoms with Crippen LogP contribution in [-0.4, -0.2) is 31.2 Å². The minimum Gasteiger partial charge on any atom is -0.379 e. The molecule has 2 aliphatic rings. The molecular weight excluding hydrogens is 246 g/mol. The van der Waals surface area contributed by atoms with E-state index in [0.717, 1.165) is 38.1 Å². The quantitative estimate of drug-likeness (QED) is 0.828. The molecule has 1 unspecified atom stereocenters. The lowest BCUT2D eigenvalue weighted by molar-refractivity contribution is -0.00493. The van der Waals surface area contributed by atoms with Crippen LogP contribution in [0.2, 0.25) is 0 Å². The molecule has 0 radical (unpaired) electrons. The summed E-state index contributed by atoms with van der Waals surface area (Å²) < 4.78 is 5.55. The van der Waals surface area contributed by atoms with Crippen molar-refractivity contribution in [2.24, 2.45) is 11.8 Å². The Bertz CT molecular complexity index is 391. The van der Waals surface area contributed by atoms with E-state index in [1.165, 1.54) is 31.2 Å². The summed E-state index contributed by atoms with van der Waals surface area (Å²) in [4.78, 5) is 2.67. The second kappa shape index (κ2) is 6.73. The maximum Gasteiger partial charge on any atom is 0.0594 e. The number of morpholine rings is 1. The molecule has 1 saturated carbocycles. The molecular formula is C18H27NO. The van der Waals surface area contributed by atoms with Gasteiger partial charge in [-0.05, 0) is 30.2 Å². The molecule has 1 heterocycles. The molecule has 1 aliphatic heterocycles. The van der Waals surface area contributed by atoms with E-state index < -0.39 is 0 Å². The smallest absolute Gasteiger partial charge is 0.0594 e. The van der Waals surface area contributed by atoms with Crippen LogP contribution in [-0.2, 0) is 4.74 Å². The first-order valence-electron chi connectivity index (χ1n) is 8.21. The summed E-state index contributed by atoms with van der Waals surface area (Å²) >= 11 is 0. The highest BCUT2D eigenvalue weighted by atomic mass is 16.5. The monoisotopic (exact) mass is 273 g/mol. The van der Waals surface area contributed by atoms with Crippen LogP contribution in [0.5, 0.6) is 0 Å². The molecule has 20 heavy (non-hydrogen) atoms.